The van der Waals surface area contributed by atoms with Crippen molar-refractivity contribution in [2.75, 3.05) is 46.3 Å². The largest absolute Gasteiger partial charge is 0.356 e. The Bertz CT molecular complexity index is 540. The third-order valence-electron chi connectivity index (χ3n) is 5.65. The van der Waals surface area contributed by atoms with Gasteiger partial charge < -0.3 is 20.4 Å². The van der Waals surface area contributed by atoms with E-state index in [0.717, 1.165) is 44.2 Å². The molecule has 1 aliphatic heterocycles. The summed E-state index contributed by atoms with van der Waals surface area (Å²) in [5.41, 5.74) is 0. The fourth-order valence-corrected chi connectivity index (χ4v) is 3.73. The number of carbonyl (C=O) groups excluding carboxylic acids is 2. The van der Waals surface area contributed by atoms with Crippen LogP contribution < -0.4 is 10.6 Å². The highest BCUT2D eigenvalue weighted by Gasteiger charge is 2.23. The van der Waals surface area contributed by atoms with Crippen molar-refractivity contribution in [1.29, 1.82) is 0 Å². The van der Waals surface area contributed by atoms with Crippen LogP contribution in [0.3, 0.4) is 0 Å². The average molecular weight is 438 g/mol. The lowest BCUT2D eigenvalue weighted by atomic mass is 10.1. The molecule has 2 N–H and O–H groups in total. The Morgan fingerprint density at radius 3 is 1.84 bits per heavy atom. The number of piperazine rings is 1. The number of aliphatic imine (C=N–C) groups is 1. The summed E-state index contributed by atoms with van der Waals surface area (Å²) in [6, 6.07) is 0. The number of unbranched alkanes of at least 4 members (excludes halogenated alkanes) is 3. The summed E-state index contributed by atoms with van der Waals surface area (Å²) in [4.78, 5) is 32.7. The maximum Gasteiger partial charge on any atom is 0.222 e. The summed E-state index contributed by atoms with van der Waals surface area (Å²) in [5.74, 6) is 2.46. The Morgan fingerprint density at radius 1 is 0.774 bits per heavy atom. The number of rotatable bonds is 13. The third kappa shape index (κ3) is 12.6. The van der Waals surface area contributed by atoms with E-state index in [4.69, 9.17) is 0 Å². The van der Waals surface area contributed by atoms with Gasteiger partial charge in [-0.15, -0.1) is 0 Å². The number of hydrogen-bond acceptors (Lipinski definition) is 3. The molecule has 0 aliphatic carbocycles. The van der Waals surface area contributed by atoms with Gasteiger partial charge in [-0.1, -0.05) is 47.0 Å². The lowest BCUT2D eigenvalue weighted by molar-refractivity contribution is -0.140. The van der Waals surface area contributed by atoms with Crippen molar-refractivity contribution < 1.29 is 9.59 Å². The second kappa shape index (κ2) is 15.9. The molecule has 0 atom stereocenters. The van der Waals surface area contributed by atoms with Crippen molar-refractivity contribution in [3.63, 3.8) is 0 Å². The monoisotopic (exact) mass is 437 g/mol. The summed E-state index contributed by atoms with van der Waals surface area (Å²) >= 11 is 0. The van der Waals surface area contributed by atoms with E-state index < -0.39 is 0 Å². The van der Waals surface area contributed by atoms with Crippen LogP contribution in [0.5, 0.6) is 0 Å². The standard InChI is InChI=1S/C24H47N5O2/c1-20(2)11-8-10-14-27-24(25-5)26-13-9-6-7-12-22(30)28-15-17-29(18-16-28)23(31)19-21(3)4/h20-21H,6-19H2,1-5H3,(H2,25,26,27). The molecule has 0 aromatic rings. The smallest absolute Gasteiger partial charge is 0.222 e. The first-order valence-corrected chi connectivity index (χ1v) is 12.3. The molecular formula is C24H47N5O2. The molecule has 1 heterocycles. The first-order valence-electron chi connectivity index (χ1n) is 12.3. The van der Waals surface area contributed by atoms with Gasteiger partial charge in [-0.3, -0.25) is 14.6 Å². The molecule has 0 bridgehead atoms. The van der Waals surface area contributed by atoms with Gasteiger partial charge in [0.15, 0.2) is 5.96 Å². The van der Waals surface area contributed by atoms with Crippen LogP contribution >= 0.6 is 0 Å². The molecule has 180 valence electrons. The van der Waals surface area contributed by atoms with E-state index in [-0.39, 0.29) is 11.8 Å². The Morgan fingerprint density at radius 2 is 1.32 bits per heavy atom. The molecule has 0 radical (unpaired) electrons. The third-order valence-corrected chi connectivity index (χ3v) is 5.65. The number of hydrogen-bond donors (Lipinski definition) is 2. The first kappa shape index (κ1) is 27.2. The van der Waals surface area contributed by atoms with Crippen LogP contribution in [0.15, 0.2) is 4.99 Å². The molecule has 1 rings (SSSR count). The Kier molecular flexibility index (Phi) is 14.0. The summed E-state index contributed by atoms with van der Waals surface area (Å²) in [6.07, 6.45) is 7.85. The van der Waals surface area contributed by atoms with Gasteiger partial charge in [0, 0.05) is 59.2 Å². The van der Waals surface area contributed by atoms with E-state index >= 15 is 0 Å². The van der Waals surface area contributed by atoms with Gasteiger partial charge in [0.05, 0.1) is 0 Å². The van der Waals surface area contributed by atoms with Gasteiger partial charge in [-0.25, -0.2) is 0 Å². The van der Waals surface area contributed by atoms with E-state index in [0.29, 0.717) is 44.9 Å². The normalized spacial score (nSPS) is 15.0. The number of amides is 2. The van der Waals surface area contributed by atoms with Crippen LogP contribution in [-0.4, -0.2) is 73.9 Å². The molecule has 2 amide bonds. The molecule has 0 unspecified atom stereocenters. The lowest BCUT2D eigenvalue weighted by Gasteiger charge is -2.35. The van der Waals surface area contributed by atoms with Crippen molar-refractivity contribution in [3.8, 4) is 0 Å². The van der Waals surface area contributed by atoms with E-state index in [9.17, 15) is 9.59 Å². The molecule has 7 heteroatoms. The minimum absolute atomic E-state index is 0.217. The van der Waals surface area contributed by atoms with Gasteiger partial charge in [-0.05, 0) is 31.1 Å². The van der Waals surface area contributed by atoms with E-state index in [2.05, 4.69) is 43.3 Å². The van der Waals surface area contributed by atoms with Crippen LogP contribution in [0.25, 0.3) is 0 Å². The molecule has 31 heavy (non-hydrogen) atoms. The van der Waals surface area contributed by atoms with Crippen molar-refractivity contribution in [2.45, 2.75) is 79.1 Å². The summed E-state index contributed by atoms with van der Waals surface area (Å²) in [7, 11) is 1.80. The van der Waals surface area contributed by atoms with Crippen molar-refractivity contribution >= 4 is 17.8 Å². The van der Waals surface area contributed by atoms with Crippen molar-refractivity contribution in [3.05, 3.63) is 0 Å². The van der Waals surface area contributed by atoms with Crippen molar-refractivity contribution in [2.24, 2.45) is 16.8 Å². The molecular weight excluding hydrogens is 390 g/mol. The minimum Gasteiger partial charge on any atom is -0.356 e. The quantitative estimate of drug-likeness (QED) is 0.263. The SMILES string of the molecule is CN=C(NCCCCCC(=O)N1CCN(C(=O)CC(C)C)CC1)NCCCCC(C)C. The zero-order valence-electron chi connectivity index (χ0n) is 20.7. The minimum atomic E-state index is 0.217. The first-order chi connectivity index (χ1) is 14.8. The second-order valence-electron chi connectivity index (χ2n) is 9.49. The fourth-order valence-electron chi connectivity index (χ4n) is 3.73. The molecule has 0 spiro atoms. The van der Waals surface area contributed by atoms with Crippen LogP contribution in [0.2, 0.25) is 0 Å². The molecule has 0 saturated carbocycles. The van der Waals surface area contributed by atoms with Gasteiger partial charge in [0.25, 0.3) is 0 Å². The van der Waals surface area contributed by atoms with Gasteiger partial charge in [-0.2, -0.15) is 0 Å². The Hall–Kier alpha value is -1.79. The number of guanidine groups is 1. The molecule has 1 fully saturated rings. The Balaban J connectivity index is 2.07. The van der Waals surface area contributed by atoms with Crippen LogP contribution in [0.1, 0.15) is 79.1 Å². The zero-order valence-corrected chi connectivity index (χ0v) is 20.7. The predicted molar refractivity (Wildman–Crippen MR) is 129 cm³/mol. The van der Waals surface area contributed by atoms with Crippen LogP contribution in [0, 0.1) is 11.8 Å². The van der Waals surface area contributed by atoms with Gasteiger partial charge >= 0.3 is 0 Å². The second-order valence-corrected chi connectivity index (χ2v) is 9.49. The summed E-state index contributed by atoms with van der Waals surface area (Å²) in [6.45, 7) is 13.2. The van der Waals surface area contributed by atoms with E-state index in [1.807, 2.05) is 9.80 Å². The van der Waals surface area contributed by atoms with Crippen molar-refractivity contribution in [1.82, 2.24) is 20.4 Å². The van der Waals surface area contributed by atoms with Gasteiger partial charge in [0.1, 0.15) is 0 Å². The topological polar surface area (TPSA) is 77.0 Å². The van der Waals surface area contributed by atoms with E-state index in [1.54, 1.807) is 7.05 Å². The summed E-state index contributed by atoms with van der Waals surface area (Å²) in [5, 5.41) is 6.72. The maximum absolute atomic E-state index is 12.4. The molecule has 7 nitrogen and oxygen atoms in total. The predicted octanol–water partition coefficient (Wildman–Crippen LogP) is 3.26. The van der Waals surface area contributed by atoms with Crippen LogP contribution in [-0.2, 0) is 9.59 Å². The maximum atomic E-state index is 12.4. The zero-order chi connectivity index (χ0) is 23.1. The average Bonchev–Trinajstić information content (AvgIpc) is 2.73. The molecule has 0 aromatic heterocycles. The number of carbonyl (C=O) groups is 2. The highest BCUT2D eigenvalue weighted by molar-refractivity contribution is 5.79. The highest BCUT2D eigenvalue weighted by Crippen LogP contribution is 2.10. The van der Waals surface area contributed by atoms with Crippen LogP contribution in [0.4, 0.5) is 0 Å². The molecule has 1 aliphatic rings. The number of nitrogens with zero attached hydrogens (tertiary/aromatic N) is 3. The molecule has 0 aromatic carbocycles. The van der Waals surface area contributed by atoms with Gasteiger partial charge in [0.2, 0.25) is 11.8 Å². The lowest BCUT2D eigenvalue weighted by Crippen LogP contribution is -2.50. The van der Waals surface area contributed by atoms with E-state index in [1.165, 1.54) is 19.3 Å². The highest BCUT2D eigenvalue weighted by atomic mass is 16.2. The Labute approximate surface area is 190 Å². The fraction of sp³-hybridized carbons (Fsp3) is 0.875. The number of nitrogens with one attached hydrogen (secondary N) is 2. The molecule has 1 saturated heterocycles. The summed E-state index contributed by atoms with van der Waals surface area (Å²) < 4.78 is 0.